The zero-order valence-electron chi connectivity index (χ0n) is 13.1. The van der Waals surface area contributed by atoms with E-state index in [9.17, 15) is 0 Å². The summed E-state index contributed by atoms with van der Waals surface area (Å²) in [6, 6.07) is 4.07. The van der Waals surface area contributed by atoms with Gasteiger partial charge >= 0.3 is 0 Å². The molecule has 2 atom stereocenters. The van der Waals surface area contributed by atoms with Crippen LogP contribution >= 0.6 is 0 Å². The van der Waals surface area contributed by atoms with Crippen LogP contribution in [0.2, 0.25) is 0 Å². The predicted octanol–water partition coefficient (Wildman–Crippen LogP) is 2.70. The van der Waals surface area contributed by atoms with Crippen molar-refractivity contribution in [2.45, 2.75) is 70.8 Å². The molecule has 0 spiro atoms. The van der Waals surface area contributed by atoms with Crippen LogP contribution in [0.5, 0.6) is 5.75 Å². The molecule has 0 saturated carbocycles. The predicted molar refractivity (Wildman–Crippen MR) is 79.9 cm³/mol. The molecular formula is C16H26N2O2. The summed E-state index contributed by atoms with van der Waals surface area (Å²) >= 11 is 0. The van der Waals surface area contributed by atoms with Crippen LogP contribution in [0.25, 0.3) is 0 Å². The molecule has 1 fully saturated rings. The van der Waals surface area contributed by atoms with E-state index in [-0.39, 0.29) is 23.3 Å². The fourth-order valence-corrected chi connectivity index (χ4v) is 2.79. The first kappa shape index (κ1) is 15.3. The molecule has 20 heavy (non-hydrogen) atoms. The lowest BCUT2D eigenvalue weighted by Crippen LogP contribution is -2.36. The van der Waals surface area contributed by atoms with Crippen molar-refractivity contribution in [3.8, 4) is 5.75 Å². The molecule has 0 radical (unpaired) electrons. The van der Waals surface area contributed by atoms with Crippen molar-refractivity contribution in [2.75, 3.05) is 0 Å². The quantitative estimate of drug-likeness (QED) is 0.920. The molecular weight excluding hydrogens is 252 g/mol. The van der Waals surface area contributed by atoms with E-state index < -0.39 is 0 Å². The highest BCUT2D eigenvalue weighted by atomic mass is 16.6. The van der Waals surface area contributed by atoms with E-state index >= 15 is 0 Å². The Morgan fingerprint density at radius 2 is 2.10 bits per heavy atom. The Balaban J connectivity index is 2.03. The van der Waals surface area contributed by atoms with Gasteiger partial charge in [-0.2, -0.15) is 0 Å². The summed E-state index contributed by atoms with van der Waals surface area (Å²) in [5, 5.41) is 0. The second-order valence-corrected chi connectivity index (χ2v) is 6.94. The normalized spacial score (nSPS) is 25.4. The molecule has 4 heteroatoms. The summed E-state index contributed by atoms with van der Waals surface area (Å²) in [6.45, 7) is 10.3. The average Bonchev–Trinajstić information content (AvgIpc) is 2.48. The van der Waals surface area contributed by atoms with E-state index in [0.717, 1.165) is 24.3 Å². The van der Waals surface area contributed by atoms with Gasteiger partial charge in [0.25, 0.3) is 0 Å². The van der Waals surface area contributed by atoms with E-state index in [2.05, 4.69) is 32.7 Å². The van der Waals surface area contributed by atoms with Crippen molar-refractivity contribution in [3.05, 3.63) is 24.0 Å². The van der Waals surface area contributed by atoms with Gasteiger partial charge < -0.3 is 15.2 Å². The van der Waals surface area contributed by atoms with E-state index in [1.165, 1.54) is 0 Å². The third-order valence-electron chi connectivity index (χ3n) is 3.60. The summed E-state index contributed by atoms with van der Waals surface area (Å²) < 4.78 is 12.1. The van der Waals surface area contributed by atoms with Gasteiger partial charge in [0.05, 0.1) is 11.8 Å². The number of hydrogen-bond donors (Lipinski definition) is 1. The lowest BCUT2D eigenvalue weighted by atomic mass is 9.97. The first-order valence-electron chi connectivity index (χ1n) is 7.25. The smallest absolute Gasteiger partial charge is 0.138 e. The fourth-order valence-electron chi connectivity index (χ4n) is 2.79. The van der Waals surface area contributed by atoms with Crippen LogP contribution < -0.4 is 10.5 Å². The zero-order chi connectivity index (χ0) is 15.0. The molecule has 1 saturated heterocycles. The zero-order valence-corrected chi connectivity index (χ0v) is 13.1. The minimum Gasteiger partial charge on any atom is -0.486 e. The van der Waals surface area contributed by atoms with Crippen LogP contribution in [-0.4, -0.2) is 28.3 Å². The first-order valence-corrected chi connectivity index (χ1v) is 7.25. The Kier molecular flexibility index (Phi) is 4.07. The maximum Gasteiger partial charge on any atom is 0.138 e. The summed E-state index contributed by atoms with van der Waals surface area (Å²) in [4.78, 5) is 4.40. The molecule has 2 N–H and O–H groups in total. The van der Waals surface area contributed by atoms with Crippen LogP contribution in [0.15, 0.2) is 18.3 Å². The van der Waals surface area contributed by atoms with E-state index in [4.69, 9.17) is 15.2 Å². The molecule has 0 bridgehead atoms. The van der Waals surface area contributed by atoms with Gasteiger partial charge in [0.1, 0.15) is 17.5 Å². The lowest BCUT2D eigenvalue weighted by Gasteiger charge is -2.27. The lowest BCUT2D eigenvalue weighted by molar-refractivity contribution is -0.0846. The number of rotatable bonds is 4. The highest BCUT2D eigenvalue weighted by Crippen LogP contribution is 2.39. The van der Waals surface area contributed by atoms with Crippen LogP contribution in [0.3, 0.4) is 0 Å². The van der Waals surface area contributed by atoms with Crippen LogP contribution in [0.4, 0.5) is 0 Å². The van der Waals surface area contributed by atoms with Crippen LogP contribution in [-0.2, 0) is 11.2 Å². The van der Waals surface area contributed by atoms with Gasteiger partial charge in [-0.25, -0.2) is 0 Å². The number of aromatic nitrogens is 1. The monoisotopic (exact) mass is 278 g/mol. The van der Waals surface area contributed by atoms with Crippen molar-refractivity contribution < 1.29 is 9.47 Å². The second-order valence-electron chi connectivity index (χ2n) is 6.94. The Hall–Kier alpha value is -1.13. The summed E-state index contributed by atoms with van der Waals surface area (Å²) in [5.41, 5.74) is 6.34. The van der Waals surface area contributed by atoms with Gasteiger partial charge in [-0.1, -0.05) is 0 Å². The molecule has 2 heterocycles. The van der Waals surface area contributed by atoms with E-state index in [0.29, 0.717) is 0 Å². The molecule has 0 aliphatic carbocycles. The highest BCUT2D eigenvalue weighted by Gasteiger charge is 2.47. The third-order valence-corrected chi connectivity index (χ3v) is 3.60. The summed E-state index contributed by atoms with van der Waals surface area (Å²) in [5.74, 6) is 0.790. The molecule has 0 amide bonds. The number of pyridine rings is 1. The summed E-state index contributed by atoms with van der Waals surface area (Å²) in [6.07, 6.45) is 3.48. The maximum absolute atomic E-state index is 6.07. The van der Waals surface area contributed by atoms with E-state index in [1.54, 1.807) is 6.20 Å². The minimum absolute atomic E-state index is 0.0404. The molecule has 112 valence electrons. The summed E-state index contributed by atoms with van der Waals surface area (Å²) in [7, 11) is 0. The van der Waals surface area contributed by atoms with Crippen molar-refractivity contribution >= 4 is 0 Å². The Bertz CT molecular complexity index is 452. The Morgan fingerprint density at radius 3 is 2.55 bits per heavy atom. The van der Waals surface area contributed by atoms with Crippen LogP contribution in [0, 0.1) is 0 Å². The van der Waals surface area contributed by atoms with Gasteiger partial charge in [0.15, 0.2) is 0 Å². The van der Waals surface area contributed by atoms with Crippen molar-refractivity contribution in [1.29, 1.82) is 0 Å². The molecule has 2 unspecified atom stereocenters. The largest absolute Gasteiger partial charge is 0.486 e. The van der Waals surface area contributed by atoms with E-state index in [1.807, 2.05) is 19.1 Å². The number of nitrogens with two attached hydrogens (primary N) is 1. The molecule has 2 rings (SSSR count). The molecule has 0 aromatic carbocycles. The van der Waals surface area contributed by atoms with Crippen molar-refractivity contribution in [2.24, 2.45) is 5.73 Å². The first-order chi connectivity index (χ1) is 9.18. The Morgan fingerprint density at radius 1 is 1.40 bits per heavy atom. The van der Waals surface area contributed by atoms with Gasteiger partial charge in [-0.15, -0.1) is 0 Å². The fraction of sp³-hybridized carbons (Fsp3) is 0.688. The number of ether oxygens (including phenoxy) is 2. The second kappa shape index (κ2) is 5.34. The van der Waals surface area contributed by atoms with Crippen molar-refractivity contribution in [1.82, 2.24) is 4.98 Å². The molecule has 1 aromatic heterocycles. The molecule has 1 aliphatic rings. The third kappa shape index (κ3) is 3.70. The minimum atomic E-state index is -0.284. The van der Waals surface area contributed by atoms with Gasteiger partial charge in [-0.3, -0.25) is 4.98 Å². The standard InChI is InChI=1S/C16H26N2O2/c1-11(17)8-12-6-7-13(10-18-12)19-14-9-15(2,3)20-16(14,4)5/h6-7,10-11,14H,8-9,17H2,1-5H3. The molecule has 1 aromatic rings. The molecule has 1 aliphatic heterocycles. The average molecular weight is 278 g/mol. The molecule has 4 nitrogen and oxygen atoms in total. The Labute approximate surface area is 121 Å². The number of hydrogen-bond acceptors (Lipinski definition) is 4. The topological polar surface area (TPSA) is 57.4 Å². The van der Waals surface area contributed by atoms with Gasteiger partial charge in [0.2, 0.25) is 0 Å². The van der Waals surface area contributed by atoms with Crippen LogP contribution in [0.1, 0.15) is 46.7 Å². The SMILES string of the molecule is CC(N)Cc1ccc(OC2CC(C)(C)OC2(C)C)cn1. The highest BCUT2D eigenvalue weighted by molar-refractivity contribution is 5.21. The number of nitrogens with zero attached hydrogens (tertiary/aromatic N) is 1. The maximum atomic E-state index is 6.07. The van der Waals surface area contributed by atoms with Gasteiger partial charge in [-0.05, 0) is 46.8 Å². The van der Waals surface area contributed by atoms with Gasteiger partial charge in [0, 0.05) is 24.6 Å². The van der Waals surface area contributed by atoms with Crippen molar-refractivity contribution in [3.63, 3.8) is 0 Å².